The normalized spacial score (nSPS) is 31.2. The van der Waals surface area contributed by atoms with Gasteiger partial charge in [0.25, 0.3) is 0 Å². The Labute approximate surface area is 104 Å². The van der Waals surface area contributed by atoms with Gasteiger partial charge in [0, 0.05) is 19.1 Å². The van der Waals surface area contributed by atoms with Gasteiger partial charge in [-0.1, -0.05) is 12.8 Å². The third-order valence-corrected chi connectivity index (χ3v) is 4.50. The zero-order chi connectivity index (χ0) is 11.7. The first-order valence-corrected chi connectivity index (χ1v) is 7.38. The van der Waals surface area contributed by atoms with Gasteiger partial charge in [-0.05, 0) is 44.4 Å². The van der Waals surface area contributed by atoms with Gasteiger partial charge in [-0.3, -0.25) is 4.79 Å². The highest BCUT2D eigenvalue weighted by Gasteiger charge is 2.34. The smallest absolute Gasteiger partial charge is 0.239 e. The highest BCUT2D eigenvalue weighted by Crippen LogP contribution is 2.27. The van der Waals surface area contributed by atoms with E-state index in [0.29, 0.717) is 11.9 Å². The Morgan fingerprint density at radius 1 is 1.06 bits per heavy atom. The second kappa shape index (κ2) is 4.97. The molecule has 17 heavy (non-hydrogen) atoms. The molecule has 3 fully saturated rings. The molecule has 1 atom stereocenters. The van der Waals surface area contributed by atoms with Crippen molar-refractivity contribution in [3.63, 3.8) is 0 Å². The molecule has 96 valence electrons. The summed E-state index contributed by atoms with van der Waals surface area (Å²) in [6.07, 6.45) is 10.2. The van der Waals surface area contributed by atoms with Crippen LogP contribution < -0.4 is 5.32 Å². The number of carbonyl (C=O) groups is 1. The second-order valence-corrected chi connectivity index (χ2v) is 6.07. The average molecular weight is 236 g/mol. The molecule has 0 spiro atoms. The molecule has 0 aromatic carbocycles. The van der Waals surface area contributed by atoms with E-state index >= 15 is 0 Å². The number of hydrogen-bond acceptors (Lipinski definition) is 2. The molecule has 3 nitrogen and oxygen atoms in total. The van der Waals surface area contributed by atoms with Crippen molar-refractivity contribution >= 4 is 5.91 Å². The zero-order valence-electron chi connectivity index (χ0n) is 10.7. The number of amides is 1. The molecule has 3 heteroatoms. The Bertz CT molecular complexity index is 282. The molecular formula is C14H24N2O. The maximum absolute atomic E-state index is 12.3. The van der Waals surface area contributed by atoms with Gasteiger partial charge in [0.05, 0.1) is 6.04 Å². The first-order chi connectivity index (χ1) is 8.33. The van der Waals surface area contributed by atoms with Crippen LogP contribution in [0.4, 0.5) is 0 Å². The van der Waals surface area contributed by atoms with E-state index in [1.165, 1.54) is 44.9 Å². The molecule has 1 unspecified atom stereocenters. The number of nitrogens with one attached hydrogen (secondary N) is 1. The third kappa shape index (κ3) is 2.82. The quantitative estimate of drug-likeness (QED) is 0.809. The maximum Gasteiger partial charge on any atom is 0.239 e. The predicted molar refractivity (Wildman–Crippen MR) is 67.7 cm³/mol. The summed E-state index contributed by atoms with van der Waals surface area (Å²) in [6, 6.07) is 0.785. The van der Waals surface area contributed by atoms with E-state index in [-0.39, 0.29) is 6.04 Å². The Morgan fingerprint density at radius 3 is 2.53 bits per heavy atom. The molecule has 1 amide bonds. The lowest BCUT2D eigenvalue weighted by atomic mass is 10.0. The summed E-state index contributed by atoms with van der Waals surface area (Å²) in [5.41, 5.74) is 0. The standard InChI is InChI=1S/C14H24N2O/c17-14-13(15-12-7-8-12)6-3-9-16(14)10-11-4-1-2-5-11/h11-13,15H,1-10H2. The number of piperidine rings is 1. The van der Waals surface area contributed by atoms with Crippen LogP contribution in [0.25, 0.3) is 0 Å². The number of rotatable bonds is 4. The topological polar surface area (TPSA) is 32.3 Å². The molecule has 0 aromatic heterocycles. The molecule has 2 saturated carbocycles. The Kier molecular flexibility index (Phi) is 3.37. The minimum Gasteiger partial charge on any atom is -0.341 e. The van der Waals surface area contributed by atoms with Crippen LogP contribution in [0.1, 0.15) is 51.4 Å². The van der Waals surface area contributed by atoms with E-state index in [4.69, 9.17) is 0 Å². The summed E-state index contributed by atoms with van der Waals surface area (Å²) < 4.78 is 0. The Balaban J connectivity index is 1.53. The number of carbonyl (C=O) groups excluding carboxylic acids is 1. The first-order valence-electron chi connectivity index (χ1n) is 7.38. The van der Waals surface area contributed by atoms with E-state index in [1.54, 1.807) is 0 Å². The summed E-state index contributed by atoms with van der Waals surface area (Å²) in [6.45, 7) is 2.03. The van der Waals surface area contributed by atoms with Gasteiger partial charge in [0.1, 0.15) is 0 Å². The average Bonchev–Trinajstić information content (AvgIpc) is 2.99. The van der Waals surface area contributed by atoms with E-state index < -0.39 is 0 Å². The molecular weight excluding hydrogens is 212 g/mol. The van der Waals surface area contributed by atoms with E-state index in [2.05, 4.69) is 10.2 Å². The lowest BCUT2D eigenvalue weighted by Gasteiger charge is -2.34. The van der Waals surface area contributed by atoms with Crippen molar-refractivity contribution in [2.45, 2.75) is 63.5 Å². The van der Waals surface area contributed by atoms with Crippen molar-refractivity contribution in [2.24, 2.45) is 5.92 Å². The molecule has 0 bridgehead atoms. The van der Waals surface area contributed by atoms with Gasteiger partial charge in [-0.15, -0.1) is 0 Å². The van der Waals surface area contributed by atoms with Crippen molar-refractivity contribution in [1.82, 2.24) is 10.2 Å². The second-order valence-electron chi connectivity index (χ2n) is 6.07. The van der Waals surface area contributed by atoms with Crippen LogP contribution in [0.5, 0.6) is 0 Å². The molecule has 1 saturated heterocycles. The molecule has 1 aliphatic heterocycles. The highest BCUT2D eigenvalue weighted by atomic mass is 16.2. The summed E-state index contributed by atoms with van der Waals surface area (Å²) in [4.78, 5) is 14.5. The van der Waals surface area contributed by atoms with Crippen LogP contribution in [-0.2, 0) is 4.79 Å². The summed E-state index contributed by atoms with van der Waals surface area (Å²) in [5.74, 6) is 1.17. The van der Waals surface area contributed by atoms with Gasteiger partial charge < -0.3 is 10.2 Å². The molecule has 3 rings (SSSR count). The molecule has 3 aliphatic rings. The lowest BCUT2D eigenvalue weighted by Crippen LogP contribution is -2.52. The van der Waals surface area contributed by atoms with Gasteiger partial charge in [0.15, 0.2) is 0 Å². The van der Waals surface area contributed by atoms with Crippen LogP contribution in [0.3, 0.4) is 0 Å². The molecule has 0 radical (unpaired) electrons. The van der Waals surface area contributed by atoms with Crippen LogP contribution in [0.2, 0.25) is 0 Å². The molecule has 1 heterocycles. The van der Waals surface area contributed by atoms with Crippen LogP contribution in [0, 0.1) is 5.92 Å². The predicted octanol–water partition coefficient (Wildman–Crippen LogP) is 1.92. The fraction of sp³-hybridized carbons (Fsp3) is 0.929. The van der Waals surface area contributed by atoms with Crippen molar-refractivity contribution in [2.75, 3.05) is 13.1 Å². The van der Waals surface area contributed by atoms with E-state index in [0.717, 1.165) is 25.4 Å². The summed E-state index contributed by atoms with van der Waals surface area (Å²) in [5, 5.41) is 3.51. The van der Waals surface area contributed by atoms with Gasteiger partial charge in [-0.25, -0.2) is 0 Å². The van der Waals surface area contributed by atoms with Gasteiger partial charge in [-0.2, -0.15) is 0 Å². The fourth-order valence-electron chi connectivity index (χ4n) is 3.32. The largest absolute Gasteiger partial charge is 0.341 e. The van der Waals surface area contributed by atoms with Crippen molar-refractivity contribution in [1.29, 1.82) is 0 Å². The zero-order valence-corrected chi connectivity index (χ0v) is 10.7. The van der Waals surface area contributed by atoms with Gasteiger partial charge in [0.2, 0.25) is 5.91 Å². The van der Waals surface area contributed by atoms with Crippen LogP contribution in [-0.4, -0.2) is 36.0 Å². The monoisotopic (exact) mass is 236 g/mol. The third-order valence-electron chi connectivity index (χ3n) is 4.50. The molecule has 0 aromatic rings. The minimum atomic E-state index is 0.137. The maximum atomic E-state index is 12.3. The van der Waals surface area contributed by atoms with E-state index in [9.17, 15) is 4.79 Å². The van der Waals surface area contributed by atoms with Crippen LogP contribution in [0.15, 0.2) is 0 Å². The Morgan fingerprint density at radius 2 is 1.82 bits per heavy atom. The first kappa shape index (κ1) is 11.5. The Hall–Kier alpha value is -0.570. The lowest BCUT2D eigenvalue weighted by molar-refractivity contribution is -0.136. The van der Waals surface area contributed by atoms with E-state index in [1.807, 2.05) is 0 Å². The molecule has 2 aliphatic carbocycles. The SMILES string of the molecule is O=C1C(NC2CC2)CCCN1CC1CCCC1. The fourth-order valence-corrected chi connectivity index (χ4v) is 3.32. The highest BCUT2D eigenvalue weighted by molar-refractivity contribution is 5.82. The van der Waals surface area contributed by atoms with Gasteiger partial charge >= 0.3 is 0 Å². The van der Waals surface area contributed by atoms with Crippen molar-refractivity contribution in [3.8, 4) is 0 Å². The number of nitrogens with zero attached hydrogens (tertiary/aromatic N) is 1. The minimum absolute atomic E-state index is 0.137. The number of hydrogen-bond donors (Lipinski definition) is 1. The molecule has 1 N–H and O–H groups in total. The van der Waals surface area contributed by atoms with Crippen molar-refractivity contribution in [3.05, 3.63) is 0 Å². The number of likely N-dealkylation sites (tertiary alicyclic amines) is 1. The van der Waals surface area contributed by atoms with Crippen LogP contribution >= 0.6 is 0 Å². The van der Waals surface area contributed by atoms with Crippen molar-refractivity contribution < 1.29 is 4.79 Å². The summed E-state index contributed by atoms with van der Waals surface area (Å²) in [7, 11) is 0. The summed E-state index contributed by atoms with van der Waals surface area (Å²) >= 11 is 0.